The number of carbonyl (C=O) groups is 4. The average Bonchev–Trinajstić information content (AvgIpc) is 3.15. The van der Waals surface area contributed by atoms with Crippen LogP contribution in [0.15, 0.2) is 79.0 Å². The van der Waals surface area contributed by atoms with Gasteiger partial charge in [0.05, 0.1) is 32.1 Å². The van der Waals surface area contributed by atoms with E-state index in [1.54, 1.807) is 11.2 Å². The van der Waals surface area contributed by atoms with Gasteiger partial charge in [0.1, 0.15) is 12.1 Å². The van der Waals surface area contributed by atoms with E-state index in [0.717, 1.165) is 35.2 Å². The Hall–Kier alpha value is -5.01. The van der Waals surface area contributed by atoms with E-state index in [4.69, 9.17) is 9.47 Å². The summed E-state index contributed by atoms with van der Waals surface area (Å²) in [5.74, 6) is -0.937. The lowest BCUT2D eigenvalue weighted by Crippen LogP contribution is -2.58. The molecule has 0 aliphatic rings. The number of aliphatic hydroxyl groups is 1. The van der Waals surface area contributed by atoms with E-state index in [1.807, 2.05) is 86.6 Å². The molecule has 0 saturated carbocycles. The molecule has 0 unspecified atom stereocenters. The number of aromatic nitrogens is 1. The molecule has 2 aromatic carbocycles. The van der Waals surface area contributed by atoms with Crippen molar-refractivity contribution in [3.05, 3.63) is 90.1 Å². The van der Waals surface area contributed by atoms with E-state index >= 15 is 0 Å². The summed E-state index contributed by atoms with van der Waals surface area (Å²) in [4.78, 5) is 55.9. The number of amides is 4. The third-order valence-corrected chi connectivity index (χ3v) is 8.33. The van der Waals surface area contributed by atoms with Gasteiger partial charge in [-0.1, -0.05) is 100 Å². The van der Waals surface area contributed by atoms with E-state index in [2.05, 4.69) is 26.4 Å². The van der Waals surface area contributed by atoms with Crippen LogP contribution in [0, 0.1) is 0 Å². The maximum absolute atomic E-state index is 13.6. The number of hydrazine groups is 1. The minimum Gasteiger partial charge on any atom is -0.453 e. The van der Waals surface area contributed by atoms with Crippen molar-refractivity contribution >= 4 is 24.0 Å². The van der Waals surface area contributed by atoms with Gasteiger partial charge in [0.25, 0.3) is 5.91 Å². The van der Waals surface area contributed by atoms with E-state index in [-0.39, 0.29) is 19.5 Å². The van der Waals surface area contributed by atoms with E-state index in [1.165, 1.54) is 14.2 Å². The fourth-order valence-electron chi connectivity index (χ4n) is 5.46. The van der Waals surface area contributed by atoms with E-state index < -0.39 is 48.2 Å². The number of carbonyl (C=O) groups excluding carboxylic acids is 4. The minimum atomic E-state index is -1.19. The number of hydrogen-bond donors (Lipinski definition) is 5. The first-order valence-corrected chi connectivity index (χ1v) is 17.4. The summed E-state index contributed by atoms with van der Waals surface area (Å²) in [6, 6.07) is 20.2. The molecule has 4 amide bonds. The third-order valence-electron chi connectivity index (χ3n) is 8.33. The van der Waals surface area contributed by atoms with Gasteiger partial charge in [0.2, 0.25) is 5.91 Å². The molecule has 0 saturated heterocycles. The van der Waals surface area contributed by atoms with Crippen molar-refractivity contribution in [1.29, 1.82) is 0 Å². The summed E-state index contributed by atoms with van der Waals surface area (Å²) in [6.45, 7) is 4.07. The zero-order chi connectivity index (χ0) is 37.0. The van der Waals surface area contributed by atoms with Crippen molar-refractivity contribution in [2.24, 2.45) is 0 Å². The van der Waals surface area contributed by atoms with Crippen molar-refractivity contribution < 1.29 is 33.8 Å². The maximum Gasteiger partial charge on any atom is 0.407 e. The molecule has 5 N–H and O–H groups in total. The highest BCUT2D eigenvalue weighted by Crippen LogP contribution is 2.18. The molecule has 4 atom stereocenters. The molecule has 0 spiro atoms. The SMILES string of the molecule is CCCC[C@H](NC(=O)OC)C(=O)N[C@@H](Cc1ccccc1)[C@@H](O)CN(Cc1ccc(-c2ccccn2)cc1)NC(=O)[C@H](CCCC)NC(=O)OC. The summed E-state index contributed by atoms with van der Waals surface area (Å²) in [6.07, 6.45) is 3.11. The summed E-state index contributed by atoms with van der Waals surface area (Å²) < 4.78 is 9.51. The van der Waals surface area contributed by atoms with Crippen molar-refractivity contribution in [2.45, 2.75) is 89.6 Å². The van der Waals surface area contributed by atoms with Crippen LogP contribution in [0.3, 0.4) is 0 Å². The monoisotopic (exact) mass is 704 g/mol. The van der Waals surface area contributed by atoms with Gasteiger partial charge in [-0.15, -0.1) is 0 Å². The smallest absolute Gasteiger partial charge is 0.407 e. The van der Waals surface area contributed by atoms with Crippen LogP contribution >= 0.6 is 0 Å². The molecule has 13 nitrogen and oxygen atoms in total. The van der Waals surface area contributed by atoms with Gasteiger partial charge in [-0.3, -0.25) is 20.0 Å². The standard InChI is InChI=1S/C38H52N6O7/c1-5-7-16-31(41-37(48)50-3)35(46)40-33(24-27-14-10-9-11-15-27)34(45)26-44(43-36(47)32(17-8-6-2)42-38(49)51-4)25-28-19-21-29(22-20-28)30-18-12-13-23-39-30/h9-15,18-23,31-34,45H,5-8,16-17,24-26H2,1-4H3,(H,40,46)(H,41,48)(H,42,49)(H,43,47)/t31-,32-,33-,34-/m0/s1. The van der Waals surface area contributed by atoms with Crippen LogP contribution in [0.5, 0.6) is 0 Å². The van der Waals surface area contributed by atoms with Gasteiger partial charge in [-0.05, 0) is 42.5 Å². The zero-order valence-corrected chi connectivity index (χ0v) is 30.0. The number of nitrogens with one attached hydrogen (secondary N) is 4. The predicted molar refractivity (Wildman–Crippen MR) is 194 cm³/mol. The average molecular weight is 705 g/mol. The summed E-state index contributed by atoms with van der Waals surface area (Å²) >= 11 is 0. The molecule has 0 bridgehead atoms. The minimum absolute atomic E-state index is 0.0890. The van der Waals surface area contributed by atoms with Crippen molar-refractivity contribution in [1.82, 2.24) is 31.4 Å². The number of pyridine rings is 1. The number of rotatable bonds is 20. The van der Waals surface area contributed by atoms with Gasteiger partial charge in [0, 0.05) is 24.8 Å². The topological polar surface area (TPSA) is 171 Å². The Morgan fingerprint density at radius 2 is 1.33 bits per heavy atom. The number of aliphatic hydroxyl groups excluding tert-OH is 1. The second kappa shape index (κ2) is 21.9. The molecule has 1 aromatic heterocycles. The van der Waals surface area contributed by atoms with Crippen LogP contribution in [-0.4, -0.2) is 84.1 Å². The summed E-state index contributed by atoms with van der Waals surface area (Å²) in [5, 5.41) is 21.6. The number of nitrogens with zero attached hydrogens (tertiary/aromatic N) is 2. The number of ether oxygens (including phenoxy) is 2. The number of hydrogen-bond acceptors (Lipinski definition) is 9. The molecule has 1 heterocycles. The molecular weight excluding hydrogens is 652 g/mol. The normalized spacial score (nSPS) is 13.3. The highest BCUT2D eigenvalue weighted by atomic mass is 16.5. The number of methoxy groups -OCH3 is 2. The first-order valence-electron chi connectivity index (χ1n) is 17.4. The summed E-state index contributed by atoms with van der Waals surface area (Å²) in [5.41, 5.74) is 6.34. The van der Waals surface area contributed by atoms with Crippen LogP contribution in [0.2, 0.25) is 0 Å². The highest BCUT2D eigenvalue weighted by Gasteiger charge is 2.30. The molecule has 0 aliphatic carbocycles. The predicted octanol–water partition coefficient (Wildman–Crippen LogP) is 4.50. The first-order chi connectivity index (χ1) is 24.7. The Balaban J connectivity index is 1.90. The Labute approximate surface area is 300 Å². The lowest BCUT2D eigenvalue weighted by atomic mass is 9.99. The lowest BCUT2D eigenvalue weighted by molar-refractivity contribution is -0.130. The molecular formula is C38H52N6O7. The molecule has 0 fully saturated rings. The fourth-order valence-corrected chi connectivity index (χ4v) is 5.46. The molecule has 51 heavy (non-hydrogen) atoms. The van der Waals surface area contributed by atoms with Crippen LogP contribution in [0.25, 0.3) is 11.3 Å². The van der Waals surface area contributed by atoms with Crippen LogP contribution in [-0.2, 0) is 32.0 Å². The van der Waals surface area contributed by atoms with Gasteiger partial charge >= 0.3 is 12.2 Å². The first kappa shape index (κ1) is 40.4. The molecule has 13 heteroatoms. The van der Waals surface area contributed by atoms with E-state index in [0.29, 0.717) is 25.7 Å². The van der Waals surface area contributed by atoms with Crippen molar-refractivity contribution in [3.63, 3.8) is 0 Å². The van der Waals surface area contributed by atoms with Crippen molar-refractivity contribution in [2.75, 3.05) is 20.8 Å². The summed E-state index contributed by atoms with van der Waals surface area (Å²) in [7, 11) is 2.46. The number of benzene rings is 2. The van der Waals surface area contributed by atoms with Gasteiger partial charge in [-0.25, -0.2) is 14.6 Å². The maximum atomic E-state index is 13.6. The third kappa shape index (κ3) is 14.0. The van der Waals surface area contributed by atoms with Crippen LogP contribution < -0.4 is 21.4 Å². The second-order valence-electron chi connectivity index (χ2n) is 12.3. The largest absolute Gasteiger partial charge is 0.453 e. The Bertz CT molecular complexity index is 1490. The Kier molecular flexibility index (Phi) is 17.4. The zero-order valence-electron chi connectivity index (χ0n) is 30.0. The molecule has 0 aliphatic heterocycles. The van der Waals surface area contributed by atoms with Crippen LogP contribution in [0.4, 0.5) is 9.59 Å². The molecule has 3 aromatic rings. The molecule has 0 radical (unpaired) electrons. The number of unbranched alkanes of at least 4 members (excludes halogenated alkanes) is 2. The van der Waals surface area contributed by atoms with Gasteiger partial charge in [0.15, 0.2) is 0 Å². The quantitative estimate of drug-likeness (QED) is 0.106. The fraction of sp³-hybridized carbons (Fsp3) is 0.447. The van der Waals surface area contributed by atoms with E-state index in [9.17, 15) is 24.3 Å². The highest BCUT2D eigenvalue weighted by molar-refractivity contribution is 5.86. The molecule has 276 valence electrons. The number of alkyl carbamates (subject to hydrolysis) is 2. The Morgan fingerprint density at radius 3 is 1.88 bits per heavy atom. The second-order valence-corrected chi connectivity index (χ2v) is 12.3. The Morgan fingerprint density at radius 1 is 0.745 bits per heavy atom. The lowest BCUT2D eigenvalue weighted by Gasteiger charge is -2.32. The van der Waals surface area contributed by atoms with Crippen molar-refractivity contribution in [3.8, 4) is 11.3 Å². The van der Waals surface area contributed by atoms with Gasteiger partial charge in [-0.2, -0.15) is 0 Å². The van der Waals surface area contributed by atoms with Gasteiger partial charge < -0.3 is 30.5 Å². The molecule has 3 rings (SSSR count). The van der Waals surface area contributed by atoms with Crippen LogP contribution in [0.1, 0.15) is 63.5 Å².